The van der Waals surface area contributed by atoms with Crippen molar-refractivity contribution < 1.29 is 19.2 Å². The number of carbonyl (C=O) groups is 1. The van der Waals surface area contributed by atoms with Gasteiger partial charge in [0.05, 0.1) is 11.5 Å². The maximum absolute atomic E-state index is 11.7. The summed E-state index contributed by atoms with van der Waals surface area (Å²) < 4.78 is 10.7. The first-order chi connectivity index (χ1) is 12.0. The van der Waals surface area contributed by atoms with Crippen LogP contribution in [0.25, 0.3) is 0 Å². The van der Waals surface area contributed by atoms with Gasteiger partial charge >= 0.3 is 5.97 Å². The molecule has 25 heavy (non-hydrogen) atoms. The summed E-state index contributed by atoms with van der Waals surface area (Å²) in [5.74, 6) is -0.0998. The number of benzene rings is 2. The Hall–Kier alpha value is -2.93. The van der Waals surface area contributed by atoms with Gasteiger partial charge in [-0.25, -0.2) is 0 Å². The minimum Gasteiger partial charge on any atom is -0.489 e. The lowest BCUT2D eigenvalue weighted by atomic mass is 10.0. The quantitative estimate of drug-likeness (QED) is 0.448. The van der Waals surface area contributed by atoms with Crippen molar-refractivity contribution in [2.45, 2.75) is 26.0 Å². The van der Waals surface area contributed by atoms with E-state index in [0.717, 1.165) is 5.56 Å². The molecule has 1 unspecified atom stereocenters. The van der Waals surface area contributed by atoms with Crippen LogP contribution in [0.4, 0.5) is 5.69 Å². The molecule has 0 radical (unpaired) electrons. The summed E-state index contributed by atoms with van der Waals surface area (Å²) in [6, 6.07) is 12.9. The van der Waals surface area contributed by atoms with Crippen LogP contribution in [-0.4, -0.2) is 23.5 Å². The third kappa shape index (κ3) is 5.29. The van der Waals surface area contributed by atoms with E-state index in [1.165, 1.54) is 18.2 Å². The van der Waals surface area contributed by atoms with Gasteiger partial charge in [-0.15, -0.1) is 0 Å². The second-order valence-corrected chi connectivity index (χ2v) is 5.39. The molecule has 0 aliphatic rings. The second kappa shape index (κ2) is 8.79. The van der Waals surface area contributed by atoms with Crippen LogP contribution in [0.3, 0.4) is 0 Å². The van der Waals surface area contributed by atoms with Gasteiger partial charge in [-0.3, -0.25) is 14.9 Å². The SMILES string of the molecule is CCOC(=O)C(N)Cc1cc([N+](=O)[O-])ccc1OCc1ccccc1. The molecule has 0 spiro atoms. The molecule has 0 bridgehead atoms. The van der Waals surface area contributed by atoms with Crippen molar-refractivity contribution in [2.75, 3.05) is 6.61 Å². The monoisotopic (exact) mass is 344 g/mol. The fourth-order valence-corrected chi connectivity index (χ4v) is 2.28. The number of carbonyl (C=O) groups excluding carboxylic acids is 1. The van der Waals surface area contributed by atoms with Crippen LogP contribution in [-0.2, 0) is 22.6 Å². The van der Waals surface area contributed by atoms with E-state index in [-0.39, 0.29) is 18.7 Å². The third-order valence-corrected chi connectivity index (χ3v) is 3.52. The molecule has 0 aliphatic heterocycles. The predicted octanol–water partition coefficient (Wildman–Crippen LogP) is 2.61. The molecule has 0 heterocycles. The largest absolute Gasteiger partial charge is 0.489 e. The molecule has 1 atom stereocenters. The molecule has 0 saturated carbocycles. The number of rotatable bonds is 8. The van der Waals surface area contributed by atoms with Gasteiger partial charge < -0.3 is 15.2 Å². The van der Waals surface area contributed by atoms with Gasteiger partial charge in [0.15, 0.2) is 0 Å². The number of hydrogen-bond donors (Lipinski definition) is 1. The molecule has 2 aromatic rings. The smallest absolute Gasteiger partial charge is 0.323 e. The second-order valence-electron chi connectivity index (χ2n) is 5.39. The highest BCUT2D eigenvalue weighted by Crippen LogP contribution is 2.26. The molecule has 7 heteroatoms. The molecular weight excluding hydrogens is 324 g/mol. The zero-order chi connectivity index (χ0) is 18.2. The van der Waals surface area contributed by atoms with Crippen LogP contribution >= 0.6 is 0 Å². The number of nitrogens with two attached hydrogens (primary N) is 1. The van der Waals surface area contributed by atoms with E-state index in [1.54, 1.807) is 6.92 Å². The average Bonchev–Trinajstić information content (AvgIpc) is 2.61. The van der Waals surface area contributed by atoms with E-state index < -0.39 is 16.9 Å². The predicted molar refractivity (Wildman–Crippen MR) is 92.2 cm³/mol. The first-order valence-corrected chi connectivity index (χ1v) is 7.87. The molecule has 2 rings (SSSR count). The minimum absolute atomic E-state index is 0.0851. The Morgan fingerprint density at radius 2 is 1.96 bits per heavy atom. The van der Waals surface area contributed by atoms with Crippen LogP contribution in [0.2, 0.25) is 0 Å². The lowest BCUT2D eigenvalue weighted by Gasteiger charge is -2.15. The summed E-state index contributed by atoms with van der Waals surface area (Å²) in [7, 11) is 0. The van der Waals surface area contributed by atoms with Crippen LogP contribution in [0.1, 0.15) is 18.1 Å². The van der Waals surface area contributed by atoms with Crippen molar-refractivity contribution in [2.24, 2.45) is 5.73 Å². The fraction of sp³-hybridized carbons (Fsp3) is 0.278. The standard InChI is InChI=1S/C18H20N2O5/c1-2-24-18(21)16(19)11-14-10-15(20(22)23)8-9-17(14)25-12-13-6-4-3-5-7-13/h3-10,16H,2,11-12,19H2,1H3. The number of hydrogen-bond acceptors (Lipinski definition) is 6. The van der Waals surface area contributed by atoms with Crippen molar-refractivity contribution in [3.05, 3.63) is 69.8 Å². The Morgan fingerprint density at radius 3 is 2.60 bits per heavy atom. The molecule has 2 aromatic carbocycles. The summed E-state index contributed by atoms with van der Waals surface area (Å²) in [6.07, 6.45) is 0.0879. The Balaban J connectivity index is 2.19. The number of nitrogens with zero attached hydrogens (tertiary/aromatic N) is 1. The Labute approximate surface area is 145 Å². The highest BCUT2D eigenvalue weighted by molar-refractivity contribution is 5.76. The van der Waals surface area contributed by atoms with Crippen molar-refractivity contribution in [3.8, 4) is 5.75 Å². The van der Waals surface area contributed by atoms with E-state index in [4.69, 9.17) is 15.2 Å². The van der Waals surface area contributed by atoms with Crippen molar-refractivity contribution in [1.82, 2.24) is 0 Å². The first-order valence-electron chi connectivity index (χ1n) is 7.87. The van der Waals surface area contributed by atoms with Gasteiger partial charge in [0.25, 0.3) is 5.69 Å². The highest BCUT2D eigenvalue weighted by atomic mass is 16.6. The van der Waals surface area contributed by atoms with Crippen LogP contribution in [0, 0.1) is 10.1 Å². The molecular formula is C18H20N2O5. The minimum atomic E-state index is -0.916. The van der Waals surface area contributed by atoms with E-state index in [9.17, 15) is 14.9 Å². The average molecular weight is 344 g/mol. The maximum Gasteiger partial charge on any atom is 0.323 e. The van der Waals surface area contributed by atoms with Gasteiger partial charge in [-0.1, -0.05) is 30.3 Å². The zero-order valence-corrected chi connectivity index (χ0v) is 13.9. The Morgan fingerprint density at radius 1 is 1.24 bits per heavy atom. The molecule has 0 saturated heterocycles. The van der Waals surface area contributed by atoms with Gasteiger partial charge in [-0.2, -0.15) is 0 Å². The lowest BCUT2D eigenvalue weighted by Crippen LogP contribution is -2.34. The summed E-state index contributed by atoms with van der Waals surface area (Å²) in [6.45, 7) is 2.21. The van der Waals surface area contributed by atoms with Crippen molar-refractivity contribution >= 4 is 11.7 Å². The zero-order valence-electron chi connectivity index (χ0n) is 13.9. The fourth-order valence-electron chi connectivity index (χ4n) is 2.28. The Bertz CT molecular complexity index is 734. The summed E-state index contributed by atoms with van der Waals surface area (Å²) in [5, 5.41) is 11.0. The number of esters is 1. The topological polar surface area (TPSA) is 105 Å². The van der Waals surface area contributed by atoms with Crippen LogP contribution < -0.4 is 10.5 Å². The number of nitro benzene ring substituents is 1. The van der Waals surface area contributed by atoms with Gasteiger partial charge in [0.2, 0.25) is 0 Å². The summed E-state index contributed by atoms with van der Waals surface area (Å²) in [4.78, 5) is 22.2. The van der Waals surface area contributed by atoms with Gasteiger partial charge in [-0.05, 0) is 18.6 Å². The normalized spacial score (nSPS) is 11.6. The van der Waals surface area contributed by atoms with Crippen molar-refractivity contribution in [1.29, 1.82) is 0 Å². The van der Waals surface area contributed by atoms with E-state index in [0.29, 0.717) is 17.9 Å². The molecule has 2 N–H and O–H groups in total. The summed E-state index contributed by atoms with van der Waals surface area (Å²) in [5.41, 5.74) is 7.20. The van der Waals surface area contributed by atoms with Gasteiger partial charge in [0.1, 0.15) is 18.4 Å². The van der Waals surface area contributed by atoms with Crippen molar-refractivity contribution in [3.63, 3.8) is 0 Å². The first kappa shape index (κ1) is 18.4. The van der Waals surface area contributed by atoms with E-state index >= 15 is 0 Å². The molecule has 132 valence electrons. The maximum atomic E-state index is 11.7. The van der Waals surface area contributed by atoms with Crippen LogP contribution in [0.15, 0.2) is 48.5 Å². The molecule has 0 fully saturated rings. The Kier molecular flexibility index (Phi) is 6.47. The lowest BCUT2D eigenvalue weighted by molar-refractivity contribution is -0.384. The number of nitro groups is 1. The highest BCUT2D eigenvalue weighted by Gasteiger charge is 2.20. The molecule has 0 aromatic heterocycles. The molecule has 0 amide bonds. The van der Waals surface area contributed by atoms with Gasteiger partial charge in [0, 0.05) is 24.1 Å². The molecule has 0 aliphatic carbocycles. The summed E-state index contributed by atoms with van der Waals surface area (Å²) >= 11 is 0. The number of non-ortho nitro benzene ring substituents is 1. The number of ether oxygens (including phenoxy) is 2. The van der Waals surface area contributed by atoms with Crippen LogP contribution in [0.5, 0.6) is 5.75 Å². The molecule has 7 nitrogen and oxygen atoms in total. The van der Waals surface area contributed by atoms with E-state index in [2.05, 4.69) is 0 Å². The third-order valence-electron chi connectivity index (χ3n) is 3.52. The van der Waals surface area contributed by atoms with E-state index in [1.807, 2.05) is 30.3 Å².